The highest BCUT2D eigenvalue weighted by Gasteiger charge is 2.17. The molecular weight excluding hydrogens is 486 g/mol. The van der Waals surface area contributed by atoms with Crippen molar-refractivity contribution in [2.75, 3.05) is 0 Å². The molecule has 8 nitrogen and oxygen atoms in total. The number of nitro benzene ring substituents is 1. The first-order valence-corrected chi connectivity index (χ1v) is 10.8. The number of nitro groups is 1. The maximum atomic E-state index is 11.0. The van der Waals surface area contributed by atoms with Crippen molar-refractivity contribution in [2.24, 2.45) is 10.2 Å². The lowest BCUT2D eigenvalue weighted by Gasteiger charge is -1.99. The minimum Gasteiger partial charge on any atom is -0.454 e. The number of azo groups is 1. The Labute approximate surface area is 196 Å². The van der Waals surface area contributed by atoms with Crippen LogP contribution >= 0.6 is 15.9 Å². The molecule has 0 radical (unpaired) electrons. The van der Waals surface area contributed by atoms with Crippen molar-refractivity contribution in [1.29, 1.82) is 0 Å². The van der Waals surface area contributed by atoms with Crippen molar-refractivity contribution < 1.29 is 9.34 Å². The van der Waals surface area contributed by atoms with E-state index in [9.17, 15) is 10.1 Å². The van der Waals surface area contributed by atoms with Gasteiger partial charge in [0.15, 0.2) is 11.5 Å². The number of aryl methyl sites for hydroxylation is 1. The summed E-state index contributed by atoms with van der Waals surface area (Å²) < 4.78 is 8.58. The van der Waals surface area contributed by atoms with Crippen molar-refractivity contribution in [3.05, 3.63) is 99.1 Å². The molecule has 0 amide bonds. The van der Waals surface area contributed by atoms with Crippen LogP contribution in [0, 0.1) is 17.0 Å². The summed E-state index contributed by atoms with van der Waals surface area (Å²) in [6.45, 7) is 2.01. The summed E-state index contributed by atoms with van der Waals surface area (Å²) in [4.78, 5) is 10.5. The molecule has 2 heterocycles. The first kappa shape index (κ1) is 20.8. The lowest BCUT2D eigenvalue weighted by atomic mass is 10.2. The number of rotatable bonds is 5. The first-order chi connectivity index (χ1) is 16.0. The van der Waals surface area contributed by atoms with Gasteiger partial charge < -0.3 is 4.42 Å². The zero-order chi connectivity index (χ0) is 22.9. The molecular formula is C24H16BrN5O3. The molecule has 0 aliphatic rings. The van der Waals surface area contributed by atoms with E-state index >= 15 is 0 Å². The zero-order valence-corrected chi connectivity index (χ0v) is 18.9. The van der Waals surface area contributed by atoms with Gasteiger partial charge in [0.1, 0.15) is 11.3 Å². The van der Waals surface area contributed by atoms with Gasteiger partial charge >= 0.3 is 0 Å². The van der Waals surface area contributed by atoms with Crippen LogP contribution in [-0.2, 0) is 0 Å². The van der Waals surface area contributed by atoms with Gasteiger partial charge in [-0.1, -0.05) is 33.6 Å². The first-order valence-electron chi connectivity index (χ1n) is 9.99. The third kappa shape index (κ3) is 4.31. The van der Waals surface area contributed by atoms with Crippen molar-refractivity contribution >= 4 is 44.0 Å². The number of aromatic nitrogens is 2. The number of nitrogens with zero attached hydrogens (tertiary/aromatic N) is 5. The van der Waals surface area contributed by atoms with Crippen LogP contribution in [0.25, 0.3) is 28.1 Å². The zero-order valence-electron chi connectivity index (χ0n) is 17.3. The Morgan fingerprint density at radius 3 is 2.48 bits per heavy atom. The summed E-state index contributed by atoms with van der Waals surface area (Å²) in [6, 6.07) is 21.5. The molecule has 0 aliphatic carbocycles. The molecule has 0 saturated carbocycles. The van der Waals surface area contributed by atoms with Crippen molar-refractivity contribution in [1.82, 2.24) is 9.78 Å². The molecule has 162 valence electrons. The predicted octanol–water partition coefficient (Wildman–Crippen LogP) is 7.68. The van der Waals surface area contributed by atoms with E-state index in [1.165, 1.54) is 12.1 Å². The van der Waals surface area contributed by atoms with Crippen LogP contribution < -0.4 is 0 Å². The Bertz CT molecular complexity index is 1500. The molecule has 9 heteroatoms. The van der Waals surface area contributed by atoms with Crippen molar-refractivity contribution in [2.45, 2.75) is 6.92 Å². The van der Waals surface area contributed by atoms with E-state index in [1.807, 2.05) is 55.5 Å². The third-order valence-corrected chi connectivity index (χ3v) is 5.53. The van der Waals surface area contributed by atoms with Crippen LogP contribution in [0.2, 0.25) is 0 Å². The molecule has 2 aromatic heterocycles. The third-order valence-electron chi connectivity index (χ3n) is 5.04. The quantitative estimate of drug-likeness (QED) is 0.140. The van der Waals surface area contributed by atoms with Gasteiger partial charge in [0.25, 0.3) is 5.69 Å². The van der Waals surface area contributed by atoms with Gasteiger partial charge in [0, 0.05) is 22.0 Å². The van der Waals surface area contributed by atoms with E-state index in [1.54, 1.807) is 23.0 Å². The summed E-state index contributed by atoms with van der Waals surface area (Å²) in [7, 11) is 0. The van der Waals surface area contributed by atoms with Crippen LogP contribution in [0.15, 0.2) is 98.1 Å². The van der Waals surface area contributed by atoms with Crippen LogP contribution in [0.1, 0.15) is 5.56 Å². The topological polar surface area (TPSA) is 98.8 Å². The smallest absolute Gasteiger partial charge is 0.269 e. The monoisotopic (exact) mass is 501 g/mol. The fourth-order valence-electron chi connectivity index (χ4n) is 3.33. The highest BCUT2D eigenvalue weighted by atomic mass is 79.9. The largest absolute Gasteiger partial charge is 0.454 e. The number of fused-ring (bicyclic) bond motifs is 1. The maximum absolute atomic E-state index is 11.0. The van der Waals surface area contributed by atoms with Crippen molar-refractivity contribution in [3.8, 4) is 17.1 Å². The van der Waals surface area contributed by atoms with Crippen LogP contribution in [0.3, 0.4) is 0 Å². The summed E-state index contributed by atoms with van der Waals surface area (Å²) in [5, 5.41) is 25.3. The number of benzene rings is 3. The second-order valence-electron chi connectivity index (χ2n) is 7.41. The number of furan rings is 1. The fourth-order valence-corrected chi connectivity index (χ4v) is 3.71. The Balaban J connectivity index is 1.60. The van der Waals surface area contributed by atoms with Crippen LogP contribution in [0.4, 0.5) is 17.1 Å². The molecule has 0 fully saturated rings. The molecule has 0 saturated heterocycles. The summed E-state index contributed by atoms with van der Waals surface area (Å²) >= 11 is 3.48. The lowest BCUT2D eigenvalue weighted by molar-refractivity contribution is -0.384. The average molecular weight is 502 g/mol. The van der Waals surface area contributed by atoms with Gasteiger partial charge in [-0.2, -0.15) is 10.2 Å². The molecule has 0 N–H and O–H groups in total. The SMILES string of the molecule is Cc1ccc(N=Nc2cn(-c3ccc([N+](=O)[O-])cc3)nc2-c2cc3cc(Br)ccc3o2)cc1. The standard InChI is InChI=1S/C24H16BrN5O3/c1-15-2-5-18(6-3-15)26-27-21-14-29(19-7-9-20(10-8-19)30(31)32)28-24(21)23-13-16-12-17(25)4-11-22(16)33-23/h2-14H,1H3. The average Bonchev–Trinajstić information content (AvgIpc) is 3.42. The summed E-state index contributed by atoms with van der Waals surface area (Å²) in [5.74, 6) is 0.543. The number of halogens is 1. The molecule has 0 unspecified atom stereocenters. The van der Waals surface area contributed by atoms with Gasteiger partial charge in [-0.25, -0.2) is 4.68 Å². The Hall–Kier alpha value is -4.11. The predicted molar refractivity (Wildman–Crippen MR) is 128 cm³/mol. The molecule has 0 aliphatic heterocycles. The van der Waals surface area contributed by atoms with Gasteiger partial charge in [0.2, 0.25) is 0 Å². The fraction of sp³-hybridized carbons (Fsp3) is 0.0417. The molecule has 0 atom stereocenters. The highest BCUT2D eigenvalue weighted by molar-refractivity contribution is 9.10. The van der Waals surface area contributed by atoms with E-state index in [4.69, 9.17) is 4.42 Å². The van der Waals surface area contributed by atoms with Crippen LogP contribution in [-0.4, -0.2) is 14.7 Å². The van der Waals surface area contributed by atoms with E-state index in [0.717, 1.165) is 21.0 Å². The highest BCUT2D eigenvalue weighted by Crippen LogP contribution is 2.36. The van der Waals surface area contributed by atoms with Crippen molar-refractivity contribution in [3.63, 3.8) is 0 Å². The molecule has 0 bridgehead atoms. The summed E-state index contributed by atoms with van der Waals surface area (Å²) in [5.41, 5.74) is 4.24. The van der Waals surface area contributed by atoms with Crippen LogP contribution in [0.5, 0.6) is 0 Å². The van der Waals surface area contributed by atoms with Gasteiger partial charge in [-0.3, -0.25) is 10.1 Å². The maximum Gasteiger partial charge on any atom is 0.269 e. The summed E-state index contributed by atoms with van der Waals surface area (Å²) in [6.07, 6.45) is 1.72. The Kier molecular flexibility index (Phi) is 5.31. The van der Waals surface area contributed by atoms with E-state index in [-0.39, 0.29) is 5.69 Å². The minimum absolute atomic E-state index is 0.00766. The molecule has 3 aromatic carbocycles. The number of hydrogen-bond donors (Lipinski definition) is 0. The van der Waals surface area contributed by atoms with E-state index in [2.05, 4.69) is 31.3 Å². The molecule has 5 aromatic rings. The number of hydrogen-bond acceptors (Lipinski definition) is 6. The Morgan fingerprint density at radius 2 is 1.76 bits per heavy atom. The van der Waals surface area contributed by atoms with Gasteiger partial charge in [-0.15, -0.1) is 5.11 Å². The van der Waals surface area contributed by atoms with E-state index in [0.29, 0.717) is 28.5 Å². The molecule has 5 rings (SSSR count). The van der Waals surface area contributed by atoms with Gasteiger partial charge in [0.05, 0.1) is 22.5 Å². The molecule has 33 heavy (non-hydrogen) atoms. The van der Waals surface area contributed by atoms with E-state index < -0.39 is 4.92 Å². The number of non-ortho nitro benzene ring substituents is 1. The minimum atomic E-state index is -0.438. The normalized spacial score (nSPS) is 11.5. The second kappa shape index (κ2) is 8.44. The Morgan fingerprint density at radius 1 is 1.00 bits per heavy atom. The lowest BCUT2D eigenvalue weighted by Crippen LogP contribution is -1.95. The van der Waals surface area contributed by atoms with Gasteiger partial charge in [-0.05, 0) is 55.5 Å². The molecule has 0 spiro atoms. The second-order valence-corrected chi connectivity index (χ2v) is 8.33.